The van der Waals surface area contributed by atoms with Gasteiger partial charge in [0.15, 0.2) is 0 Å². The molecule has 0 aliphatic carbocycles. The van der Waals surface area contributed by atoms with Gasteiger partial charge in [0.25, 0.3) is 0 Å². The molecule has 0 saturated heterocycles. The molecule has 4 heteroatoms. The third-order valence-electron chi connectivity index (χ3n) is 3.95. The first-order valence-electron chi connectivity index (χ1n) is 10.1. The highest BCUT2D eigenvalue weighted by molar-refractivity contribution is 6.36. The minimum Gasteiger partial charge on any atom is -0.450 e. The largest absolute Gasteiger partial charge is 0.906 e. The lowest BCUT2D eigenvalue weighted by molar-refractivity contribution is -0.0770. The molecule has 3 nitrogen and oxygen atoms in total. The molecule has 0 radical (unpaired) electrons. The molecule has 0 aliphatic rings. The number of hydrogen-bond acceptors (Lipinski definition) is 3. The van der Waals surface area contributed by atoms with E-state index in [0.29, 0.717) is 17.8 Å². The zero-order valence-electron chi connectivity index (χ0n) is 19.2. The van der Waals surface area contributed by atoms with Gasteiger partial charge in [-0.1, -0.05) is 41.5 Å². The summed E-state index contributed by atoms with van der Waals surface area (Å²) in [4.78, 5) is 0. The van der Waals surface area contributed by atoms with Gasteiger partial charge in [-0.2, -0.15) is 0 Å². The Labute approximate surface area is 163 Å². The fourth-order valence-corrected chi connectivity index (χ4v) is 5.94. The summed E-state index contributed by atoms with van der Waals surface area (Å²) in [5, 5.41) is 0. The Bertz CT molecular complexity index is 316. The first kappa shape index (κ1) is 25.4. The van der Waals surface area contributed by atoms with Crippen LogP contribution in [-0.2, 0) is 11.4 Å². The zero-order valence-corrected chi connectivity index (χ0v) is 20.3. The highest BCUT2D eigenvalue weighted by Crippen LogP contribution is 2.29. The van der Waals surface area contributed by atoms with Gasteiger partial charge in [-0.25, -0.2) is 0 Å². The Kier molecular flexibility index (Phi) is 10.3. The van der Waals surface area contributed by atoms with Crippen LogP contribution in [-0.4, -0.2) is 32.0 Å². The fraction of sp³-hybridized carbons (Fsp3) is 1.00. The predicted molar refractivity (Wildman–Crippen MR) is 110 cm³/mol. The standard InChI is InChI=1S/3C7H15O.Al/c3*1-6(2)5-7(3,4)8;/h3*6H,5H2,1-4H3;/q3*-1;+3. The summed E-state index contributed by atoms with van der Waals surface area (Å²) in [6.07, 6.45) is 3.00. The Morgan fingerprint density at radius 3 is 0.880 bits per heavy atom. The van der Waals surface area contributed by atoms with Crippen LogP contribution in [0, 0.1) is 17.8 Å². The molecule has 0 aromatic heterocycles. The lowest BCUT2D eigenvalue weighted by Gasteiger charge is -2.38. The topological polar surface area (TPSA) is 27.7 Å². The second-order valence-corrected chi connectivity index (χ2v) is 12.0. The van der Waals surface area contributed by atoms with Crippen LogP contribution in [0.4, 0.5) is 0 Å². The van der Waals surface area contributed by atoms with Gasteiger partial charge in [-0.05, 0) is 78.6 Å². The van der Waals surface area contributed by atoms with Gasteiger partial charge in [0, 0.05) is 16.8 Å². The summed E-state index contributed by atoms with van der Waals surface area (Å²) in [6, 6.07) is 0. The molecule has 0 saturated carbocycles. The van der Waals surface area contributed by atoms with Crippen LogP contribution in [0.3, 0.4) is 0 Å². The van der Waals surface area contributed by atoms with Crippen LogP contribution in [0.2, 0.25) is 0 Å². The zero-order chi connectivity index (χ0) is 20.1. The Morgan fingerprint density at radius 2 is 0.720 bits per heavy atom. The first-order valence-corrected chi connectivity index (χ1v) is 11.5. The third-order valence-corrected chi connectivity index (χ3v) is 6.44. The van der Waals surface area contributed by atoms with Gasteiger partial charge in [0.1, 0.15) is 0 Å². The summed E-state index contributed by atoms with van der Waals surface area (Å²) < 4.78 is 19.4. The normalized spacial score (nSPS) is 14.0. The summed E-state index contributed by atoms with van der Waals surface area (Å²) in [5.41, 5.74) is -0.688. The Morgan fingerprint density at radius 1 is 0.520 bits per heavy atom. The molecule has 0 unspecified atom stereocenters. The van der Waals surface area contributed by atoms with Gasteiger partial charge in [0.05, 0.1) is 0 Å². The quantitative estimate of drug-likeness (QED) is 0.366. The van der Waals surface area contributed by atoms with Gasteiger partial charge < -0.3 is 11.4 Å². The van der Waals surface area contributed by atoms with Crippen LogP contribution in [0.1, 0.15) is 102 Å². The summed E-state index contributed by atoms with van der Waals surface area (Å²) in [6.45, 7) is 26.3. The summed E-state index contributed by atoms with van der Waals surface area (Å²) in [5.74, 6) is 1.74. The lowest BCUT2D eigenvalue weighted by atomic mass is 9.97. The monoisotopic (exact) mass is 372 g/mol. The molecule has 0 N–H and O–H groups in total. The second kappa shape index (κ2) is 10.1. The van der Waals surface area contributed by atoms with Crippen LogP contribution in [0.15, 0.2) is 0 Å². The molecule has 0 aromatic carbocycles. The molecular formula is C21H45AlO3. The maximum absolute atomic E-state index is 6.48. The van der Waals surface area contributed by atoms with Crippen LogP contribution >= 0.6 is 0 Å². The minimum atomic E-state index is -2.29. The first-order chi connectivity index (χ1) is 11.0. The van der Waals surface area contributed by atoms with Crippen molar-refractivity contribution in [3.8, 4) is 0 Å². The van der Waals surface area contributed by atoms with E-state index in [2.05, 4.69) is 83.1 Å². The van der Waals surface area contributed by atoms with Crippen molar-refractivity contribution in [1.82, 2.24) is 0 Å². The highest BCUT2D eigenvalue weighted by Gasteiger charge is 2.45. The predicted octanol–water partition coefficient (Wildman–Crippen LogP) is 6.50. The van der Waals surface area contributed by atoms with E-state index in [1.165, 1.54) is 0 Å². The molecule has 0 bridgehead atoms. The fourth-order valence-electron chi connectivity index (χ4n) is 3.95. The van der Waals surface area contributed by atoms with Gasteiger partial charge in [0.2, 0.25) is 0 Å². The summed E-state index contributed by atoms with van der Waals surface area (Å²) >= 11 is -2.29. The SMILES string of the molecule is CC(C)CC(C)(C)[O][Al]([O]C(C)(C)CC(C)C)[O]C(C)(C)CC(C)C. The van der Waals surface area contributed by atoms with Crippen molar-refractivity contribution in [2.75, 3.05) is 0 Å². The molecule has 0 aliphatic heterocycles. The molecule has 150 valence electrons. The molecule has 0 aromatic rings. The Hall–Kier alpha value is 0.412. The Balaban J connectivity index is 5.23. The third kappa shape index (κ3) is 13.3. The maximum Gasteiger partial charge on any atom is 0.906 e. The molecule has 0 fully saturated rings. The van der Waals surface area contributed by atoms with E-state index < -0.39 is 15.1 Å². The van der Waals surface area contributed by atoms with Crippen LogP contribution in [0.5, 0.6) is 0 Å². The van der Waals surface area contributed by atoms with Crippen molar-refractivity contribution in [2.24, 2.45) is 17.8 Å². The average molecular weight is 373 g/mol. The molecule has 0 atom stereocenters. The average Bonchev–Trinajstić information content (AvgIpc) is 2.18. The van der Waals surface area contributed by atoms with E-state index in [-0.39, 0.29) is 16.8 Å². The van der Waals surface area contributed by atoms with Crippen LogP contribution < -0.4 is 0 Å². The molecular weight excluding hydrogens is 327 g/mol. The molecule has 0 spiro atoms. The van der Waals surface area contributed by atoms with Crippen molar-refractivity contribution >= 4 is 15.1 Å². The van der Waals surface area contributed by atoms with Crippen LogP contribution in [0.25, 0.3) is 0 Å². The minimum absolute atomic E-state index is 0.229. The number of hydrogen-bond donors (Lipinski definition) is 0. The van der Waals surface area contributed by atoms with Crippen molar-refractivity contribution in [2.45, 2.75) is 119 Å². The number of rotatable bonds is 12. The smallest absolute Gasteiger partial charge is 0.450 e. The lowest BCUT2D eigenvalue weighted by Crippen LogP contribution is -2.48. The van der Waals surface area contributed by atoms with Gasteiger partial charge >= 0.3 is 15.1 Å². The molecule has 25 heavy (non-hydrogen) atoms. The summed E-state index contributed by atoms with van der Waals surface area (Å²) in [7, 11) is 0. The van der Waals surface area contributed by atoms with Crippen molar-refractivity contribution in [3.63, 3.8) is 0 Å². The van der Waals surface area contributed by atoms with Gasteiger partial charge in [-0.3, -0.25) is 0 Å². The highest BCUT2D eigenvalue weighted by atomic mass is 27.3. The molecule has 0 amide bonds. The van der Waals surface area contributed by atoms with E-state index in [1.807, 2.05) is 0 Å². The van der Waals surface area contributed by atoms with E-state index >= 15 is 0 Å². The van der Waals surface area contributed by atoms with E-state index in [4.69, 9.17) is 11.4 Å². The van der Waals surface area contributed by atoms with E-state index in [1.54, 1.807) is 0 Å². The van der Waals surface area contributed by atoms with Crippen molar-refractivity contribution < 1.29 is 11.4 Å². The maximum atomic E-state index is 6.48. The molecule has 0 heterocycles. The molecule has 0 rings (SSSR count). The second-order valence-electron chi connectivity index (χ2n) is 10.7. The van der Waals surface area contributed by atoms with Crippen molar-refractivity contribution in [1.29, 1.82) is 0 Å². The van der Waals surface area contributed by atoms with E-state index in [0.717, 1.165) is 19.3 Å². The van der Waals surface area contributed by atoms with E-state index in [9.17, 15) is 0 Å². The van der Waals surface area contributed by atoms with Gasteiger partial charge in [-0.15, -0.1) is 0 Å². The van der Waals surface area contributed by atoms with Crippen molar-refractivity contribution in [3.05, 3.63) is 0 Å².